The number of nitrogens with one attached hydrogen (secondary N) is 2. The monoisotopic (exact) mass is 546 g/mol. The lowest BCUT2D eigenvalue weighted by Gasteiger charge is -2.31. The van der Waals surface area contributed by atoms with Crippen LogP contribution in [0.2, 0.25) is 0 Å². The molecule has 0 fully saturated rings. The molecule has 1 atom stereocenters. The molecule has 4 rings (SSSR count). The first-order chi connectivity index (χ1) is 18.8. The lowest BCUT2D eigenvalue weighted by Crippen LogP contribution is -2.55. The molecule has 3 aromatic rings. The van der Waals surface area contributed by atoms with Crippen LogP contribution in [0.25, 0.3) is 0 Å². The Morgan fingerprint density at radius 1 is 1.02 bits per heavy atom. The van der Waals surface area contributed by atoms with Crippen LogP contribution in [0.4, 0.5) is 21.9 Å². The Kier molecular flexibility index (Phi) is 7.76. The average Bonchev–Trinajstić information content (AvgIpc) is 3.41. The SMILES string of the molecule is Cc1ccc2c(c1)N(CC(=O)c1ccco1)C(=O)C(NC(=O)Nc1cccc(C(=O)O)c1)CN2C(=O)C(C)(C)C. The maximum Gasteiger partial charge on any atom is 0.335 e. The largest absolute Gasteiger partial charge is 0.478 e. The Morgan fingerprint density at radius 3 is 2.42 bits per heavy atom. The minimum absolute atomic E-state index is 0.0290. The molecule has 0 saturated heterocycles. The zero-order valence-corrected chi connectivity index (χ0v) is 22.6. The number of furan rings is 1. The molecule has 0 radical (unpaired) electrons. The fraction of sp³-hybridized carbons (Fsp3) is 0.276. The van der Waals surface area contributed by atoms with Gasteiger partial charge in [-0.1, -0.05) is 32.9 Å². The highest BCUT2D eigenvalue weighted by molar-refractivity contribution is 6.12. The number of fused-ring (bicyclic) bond motifs is 1. The van der Waals surface area contributed by atoms with E-state index in [2.05, 4.69) is 10.6 Å². The molecular formula is C29H30N4O7. The molecule has 1 aliphatic heterocycles. The van der Waals surface area contributed by atoms with Crippen LogP contribution in [0.1, 0.15) is 47.2 Å². The predicted molar refractivity (Wildman–Crippen MR) is 148 cm³/mol. The van der Waals surface area contributed by atoms with Crippen LogP contribution in [0.3, 0.4) is 0 Å². The average molecular weight is 547 g/mol. The van der Waals surface area contributed by atoms with E-state index in [-0.39, 0.29) is 36.0 Å². The molecule has 0 saturated carbocycles. The van der Waals surface area contributed by atoms with Crippen LogP contribution >= 0.6 is 0 Å². The van der Waals surface area contributed by atoms with Crippen LogP contribution in [-0.2, 0) is 9.59 Å². The highest BCUT2D eigenvalue weighted by Gasteiger charge is 2.40. The van der Waals surface area contributed by atoms with Gasteiger partial charge in [-0.3, -0.25) is 14.4 Å². The molecule has 4 amide bonds. The van der Waals surface area contributed by atoms with Crippen molar-refractivity contribution in [2.45, 2.75) is 33.7 Å². The number of aryl methyl sites for hydroxylation is 1. The van der Waals surface area contributed by atoms with Gasteiger partial charge in [-0.15, -0.1) is 0 Å². The number of anilines is 3. The van der Waals surface area contributed by atoms with E-state index < -0.39 is 35.1 Å². The van der Waals surface area contributed by atoms with E-state index in [0.29, 0.717) is 11.4 Å². The van der Waals surface area contributed by atoms with Crippen LogP contribution in [0.5, 0.6) is 0 Å². The van der Waals surface area contributed by atoms with Crippen molar-refractivity contribution >= 4 is 46.7 Å². The number of carboxylic acid groups (broad SMARTS) is 1. The van der Waals surface area contributed by atoms with E-state index in [0.717, 1.165) is 5.56 Å². The molecule has 2 aromatic carbocycles. The number of hydrogen-bond donors (Lipinski definition) is 3. The highest BCUT2D eigenvalue weighted by atomic mass is 16.4. The Bertz CT molecular complexity index is 1470. The molecule has 3 N–H and O–H groups in total. The first-order valence-corrected chi connectivity index (χ1v) is 12.6. The van der Waals surface area contributed by atoms with Crippen molar-refractivity contribution in [1.82, 2.24) is 5.32 Å². The van der Waals surface area contributed by atoms with Crippen LogP contribution in [0, 0.1) is 12.3 Å². The molecule has 2 heterocycles. The van der Waals surface area contributed by atoms with Crippen molar-refractivity contribution < 1.29 is 33.5 Å². The topological polar surface area (TPSA) is 149 Å². The second-order valence-electron chi connectivity index (χ2n) is 10.5. The zero-order chi connectivity index (χ0) is 29.2. The lowest BCUT2D eigenvalue weighted by molar-refractivity contribution is -0.126. The van der Waals surface area contributed by atoms with Gasteiger partial charge in [-0.2, -0.15) is 0 Å². The van der Waals surface area contributed by atoms with Gasteiger partial charge in [0.25, 0.3) is 5.91 Å². The number of hydrogen-bond acceptors (Lipinski definition) is 6. The summed E-state index contributed by atoms with van der Waals surface area (Å²) in [5, 5.41) is 14.4. The van der Waals surface area contributed by atoms with Crippen molar-refractivity contribution in [2.75, 3.05) is 28.2 Å². The number of carbonyl (C=O) groups excluding carboxylic acids is 4. The third-order valence-corrected chi connectivity index (χ3v) is 6.30. The van der Waals surface area contributed by atoms with Crippen molar-refractivity contribution in [2.24, 2.45) is 5.41 Å². The molecule has 0 bridgehead atoms. The number of urea groups is 1. The second-order valence-corrected chi connectivity index (χ2v) is 10.5. The predicted octanol–water partition coefficient (Wildman–Crippen LogP) is 4.09. The van der Waals surface area contributed by atoms with Gasteiger partial charge in [-0.25, -0.2) is 9.59 Å². The van der Waals surface area contributed by atoms with Crippen molar-refractivity contribution in [3.8, 4) is 0 Å². The van der Waals surface area contributed by atoms with E-state index in [1.165, 1.54) is 46.4 Å². The summed E-state index contributed by atoms with van der Waals surface area (Å²) in [5.74, 6) is -2.45. The Balaban J connectivity index is 1.72. The number of rotatable bonds is 6. The highest BCUT2D eigenvalue weighted by Crippen LogP contribution is 2.36. The Labute approximate surface area is 230 Å². The maximum atomic E-state index is 14.0. The molecule has 208 valence electrons. The van der Waals surface area contributed by atoms with E-state index in [4.69, 9.17) is 4.42 Å². The van der Waals surface area contributed by atoms with Crippen molar-refractivity contribution in [3.05, 3.63) is 77.7 Å². The summed E-state index contributed by atoms with van der Waals surface area (Å²) in [5.41, 5.74) is 0.914. The number of Topliss-reactive ketones (excluding diaryl/α,β-unsaturated/α-hetero) is 1. The summed E-state index contributed by atoms with van der Waals surface area (Å²) in [7, 11) is 0. The normalized spacial score (nSPS) is 15.2. The molecular weight excluding hydrogens is 516 g/mol. The van der Waals surface area contributed by atoms with Gasteiger partial charge < -0.3 is 30.0 Å². The first kappa shape index (κ1) is 28.1. The zero-order valence-electron chi connectivity index (χ0n) is 22.6. The van der Waals surface area contributed by atoms with Gasteiger partial charge in [0.1, 0.15) is 6.04 Å². The maximum absolute atomic E-state index is 14.0. The molecule has 40 heavy (non-hydrogen) atoms. The van der Waals surface area contributed by atoms with Gasteiger partial charge in [0.15, 0.2) is 5.76 Å². The van der Waals surface area contributed by atoms with Crippen molar-refractivity contribution in [1.29, 1.82) is 0 Å². The third kappa shape index (κ3) is 6.04. The van der Waals surface area contributed by atoms with Gasteiger partial charge in [0, 0.05) is 11.1 Å². The van der Waals surface area contributed by atoms with Gasteiger partial charge in [0.2, 0.25) is 11.7 Å². The standard InChI is InChI=1S/C29H30N4O7/c1-17-10-11-21-22(13-17)32(16-23(34)24-9-6-12-40-24)25(35)20(15-33(21)27(38)29(2,3)4)31-28(39)30-19-8-5-7-18(14-19)26(36)37/h5-14,20H,15-16H2,1-4H3,(H,36,37)(H2,30,31,39). The molecule has 0 aliphatic carbocycles. The summed E-state index contributed by atoms with van der Waals surface area (Å²) in [6, 6.07) is 11.9. The number of aromatic carboxylic acids is 1. The molecule has 1 aromatic heterocycles. The molecule has 1 aliphatic rings. The van der Waals surface area contributed by atoms with E-state index in [1.807, 2.05) is 6.92 Å². The molecule has 11 heteroatoms. The lowest BCUT2D eigenvalue weighted by atomic mass is 9.94. The van der Waals surface area contributed by atoms with Crippen LogP contribution in [0.15, 0.2) is 65.3 Å². The number of carboxylic acids is 1. The Hall–Kier alpha value is -4.93. The smallest absolute Gasteiger partial charge is 0.335 e. The molecule has 1 unspecified atom stereocenters. The van der Waals surface area contributed by atoms with E-state index >= 15 is 0 Å². The first-order valence-electron chi connectivity index (χ1n) is 12.6. The van der Waals surface area contributed by atoms with Gasteiger partial charge in [-0.05, 0) is 55.0 Å². The second kappa shape index (κ2) is 11.0. The van der Waals surface area contributed by atoms with E-state index in [9.17, 15) is 29.1 Å². The van der Waals surface area contributed by atoms with Crippen LogP contribution < -0.4 is 20.4 Å². The summed E-state index contributed by atoms with van der Waals surface area (Å²) < 4.78 is 5.23. The van der Waals surface area contributed by atoms with Gasteiger partial charge in [0.05, 0.1) is 36.3 Å². The number of nitrogens with zero attached hydrogens (tertiary/aromatic N) is 2. The summed E-state index contributed by atoms with van der Waals surface area (Å²) in [6.45, 7) is 6.49. The minimum atomic E-state index is -1.24. The molecule has 11 nitrogen and oxygen atoms in total. The summed E-state index contributed by atoms with van der Waals surface area (Å²) in [4.78, 5) is 67.6. The molecule has 0 spiro atoms. The van der Waals surface area contributed by atoms with Crippen LogP contribution in [-0.4, -0.2) is 53.8 Å². The quantitative estimate of drug-likeness (QED) is 0.394. The fourth-order valence-corrected chi connectivity index (χ4v) is 4.33. The minimum Gasteiger partial charge on any atom is -0.478 e. The van der Waals surface area contributed by atoms with Crippen molar-refractivity contribution in [3.63, 3.8) is 0 Å². The van der Waals surface area contributed by atoms with E-state index in [1.54, 1.807) is 45.0 Å². The number of ketones is 1. The fourth-order valence-electron chi connectivity index (χ4n) is 4.33. The summed E-state index contributed by atoms with van der Waals surface area (Å²) in [6.07, 6.45) is 1.35. The van der Waals surface area contributed by atoms with Gasteiger partial charge >= 0.3 is 12.0 Å². The number of carbonyl (C=O) groups is 5. The third-order valence-electron chi connectivity index (χ3n) is 6.30. The summed E-state index contributed by atoms with van der Waals surface area (Å²) >= 11 is 0. The number of benzene rings is 2. The Morgan fingerprint density at radius 2 is 1.77 bits per heavy atom. The number of amides is 4.